The molecule has 0 spiro atoms. The summed E-state index contributed by atoms with van der Waals surface area (Å²) in [6, 6.07) is 8.31. The van der Waals surface area contributed by atoms with Gasteiger partial charge in [-0.3, -0.25) is 4.79 Å². The zero-order valence-electron chi connectivity index (χ0n) is 9.16. The first-order chi connectivity index (χ1) is 7.22. The number of nitrogens with zero attached hydrogens (tertiary/aromatic N) is 1. The van der Waals surface area contributed by atoms with Gasteiger partial charge in [-0.15, -0.1) is 0 Å². The number of hydrogen-bond donors (Lipinski definition) is 1. The van der Waals surface area contributed by atoms with Gasteiger partial charge in [0.05, 0.1) is 6.17 Å². The Morgan fingerprint density at radius 3 is 2.67 bits per heavy atom. The maximum Gasteiger partial charge on any atom is 0.221 e. The maximum absolute atomic E-state index is 11.5. The lowest BCUT2D eigenvalue weighted by atomic mass is 9.97. The lowest BCUT2D eigenvalue weighted by molar-refractivity contribution is -0.132. The predicted octanol–water partition coefficient (Wildman–Crippen LogP) is 1.14. The first-order valence-electron chi connectivity index (χ1n) is 5.23. The van der Waals surface area contributed by atoms with Gasteiger partial charge in [0, 0.05) is 19.9 Å². The summed E-state index contributed by atoms with van der Waals surface area (Å²) < 4.78 is 0. The Labute approximate surface area is 90.1 Å². The molecule has 1 atom stereocenters. The third kappa shape index (κ3) is 1.88. The van der Waals surface area contributed by atoms with Crippen molar-refractivity contribution in [1.82, 2.24) is 10.2 Å². The second-order valence-electron chi connectivity index (χ2n) is 3.92. The SMILES string of the molecule is CNC1Cc2ccccc2CN1C(C)=O. The van der Waals surface area contributed by atoms with Crippen LogP contribution in [0.25, 0.3) is 0 Å². The van der Waals surface area contributed by atoms with Gasteiger partial charge < -0.3 is 10.2 Å². The van der Waals surface area contributed by atoms with Gasteiger partial charge in [0.25, 0.3) is 0 Å². The molecule has 2 rings (SSSR count). The van der Waals surface area contributed by atoms with Crippen LogP contribution >= 0.6 is 0 Å². The van der Waals surface area contributed by atoms with E-state index in [0.717, 1.165) is 13.0 Å². The van der Waals surface area contributed by atoms with Gasteiger partial charge >= 0.3 is 0 Å². The van der Waals surface area contributed by atoms with Crippen LogP contribution in [0.1, 0.15) is 18.1 Å². The Balaban J connectivity index is 2.30. The van der Waals surface area contributed by atoms with Crippen molar-refractivity contribution in [1.29, 1.82) is 0 Å². The van der Waals surface area contributed by atoms with Crippen LogP contribution in [0.15, 0.2) is 24.3 Å². The largest absolute Gasteiger partial charge is 0.323 e. The van der Waals surface area contributed by atoms with Gasteiger partial charge in [-0.1, -0.05) is 24.3 Å². The van der Waals surface area contributed by atoms with E-state index in [2.05, 4.69) is 23.5 Å². The van der Waals surface area contributed by atoms with Crippen molar-refractivity contribution in [3.05, 3.63) is 35.4 Å². The van der Waals surface area contributed by atoms with Crippen molar-refractivity contribution in [2.24, 2.45) is 0 Å². The number of nitrogens with one attached hydrogen (secondary N) is 1. The van der Waals surface area contributed by atoms with Crippen molar-refractivity contribution < 1.29 is 4.79 Å². The van der Waals surface area contributed by atoms with E-state index in [1.807, 2.05) is 18.0 Å². The molecule has 3 nitrogen and oxygen atoms in total. The van der Waals surface area contributed by atoms with Gasteiger partial charge in [0.15, 0.2) is 0 Å². The zero-order valence-corrected chi connectivity index (χ0v) is 9.16. The number of rotatable bonds is 1. The molecule has 1 unspecified atom stereocenters. The van der Waals surface area contributed by atoms with Gasteiger partial charge in [0.2, 0.25) is 5.91 Å². The normalized spacial score (nSPS) is 19.9. The monoisotopic (exact) mass is 204 g/mol. The number of carbonyl (C=O) groups excluding carboxylic acids is 1. The standard InChI is InChI=1S/C12H16N2O/c1-9(15)14-8-11-6-4-3-5-10(11)7-12(14)13-2/h3-6,12-13H,7-8H2,1-2H3. The molecule has 1 aliphatic rings. The minimum Gasteiger partial charge on any atom is -0.323 e. The molecular weight excluding hydrogens is 188 g/mol. The first-order valence-corrected chi connectivity index (χ1v) is 5.23. The van der Waals surface area contributed by atoms with E-state index in [-0.39, 0.29) is 12.1 Å². The highest BCUT2D eigenvalue weighted by molar-refractivity contribution is 5.74. The van der Waals surface area contributed by atoms with Crippen LogP contribution in [0.2, 0.25) is 0 Å². The van der Waals surface area contributed by atoms with Crippen LogP contribution in [-0.2, 0) is 17.8 Å². The summed E-state index contributed by atoms with van der Waals surface area (Å²) in [5.74, 6) is 0.129. The van der Waals surface area contributed by atoms with E-state index in [4.69, 9.17) is 0 Å². The summed E-state index contributed by atoms with van der Waals surface area (Å²) >= 11 is 0. The summed E-state index contributed by atoms with van der Waals surface area (Å²) in [6.07, 6.45) is 1.03. The Morgan fingerprint density at radius 2 is 2.07 bits per heavy atom. The highest BCUT2D eigenvalue weighted by atomic mass is 16.2. The Morgan fingerprint density at radius 1 is 1.40 bits per heavy atom. The van der Waals surface area contributed by atoms with Crippen LogP contribution in [0.3, 0.4) is 0 Å². The highest BCUT2D eigenvalue weighted by Gasteiger charge is 2.25. The lowest BCUT2D eigenvalue weighted by Crippen LogP contribution is -2.50. The molecule has 1 heterocycles. The third-order valence-electron chi connectivity index (χ3n) is 2.99. The molecule has 0 aromatic heterocycles. The second-order valence-corrected chi connectivity index (χ2v) is 3.92. The molecule has 0 fully saturated rings. The Bertz CT molecular complexity index is 376. The van der Waals surface area contributed by atoms with Crippen LogP contribution < -0.4 is 5.32 Å². The Hall–Kier alpha value is -1.35. The Kier molecular flexibility index (Phi) is 2.73. The molecule has 0 bridgehead atoms. The quantitative estimate of drug-likeness (QED) is 0.744. The third-order valence-corrected chi connectivity index (χ3v) is 2.99. The summed E-state index contributed by atoms with van der Waals surface area (Å²) in [4.78, 5) is 13.3. The fourth-order valence-electron chi connectivity index (χ4n) is 2.11. The maximum atomic E-state index is 11.5. The molecule has 0 saturated heterocycles. The molecule has 1 aromatic carbocycles. The molecule has 3 heteroatoms. The fourth-order valence-corrected chi connectivity index (χ4v) is 2.11. The smallest absolute Gasteiger partial charge is 0.221 e. The van der Waals surface area contributed by atoms with E-state index >= 15 is 0 Å². The van der Waals surface area contributed by atoms with E-state index in [0.29, 0.717) is 0 Å². The molecule has 15 heavy (non-hydrogen) atoms. The van der Waals surface area contributed by atoms with Crippen molar-refractivity contribution in [2.75, 3.05) is 7.05 Å². The average molecular weight is 204 g/mol. The molecule has 1 aliphatic heterocycles. The predicted molar refractivity (Wildman–Crippen MR) is 59.2 cm³/mol. The van der Waals surface area contributed by atoms with Gasteiger partial charge in [-0.05, 0) is 18.2 Å². The van der Waals surface area contributed by atoms with Gasteiger partial charge in [0.1, 0.15) is 0 Å². The highest BCUT2D eigenvalue weighted by Crippen LogP contribution is 2.21. The molecule has 1 N–H and O–H groups in total. The molecule has 1 aromatic rings. The van der Waals surface area contributed by atoms with Crippen molar-refractivity contribution in [3.8, 4) is 0 Å². The number of fused-ring (bicyclic) bond motifs is 1. The van der Waals surface area contributed by atoms with Crippen molar-refractivity contribution >= 4 is 5.91 Å². The van der Waals surface area contributed by atoms with Crippen molar-refractivity contribution in [3.63, 3.8) is 0 Å². The molecular formula is C12H16N2O. The summed E-state index contributed by atoms with van der Waals surface area (Å²) in [7, 11) is 1.90. The summed E-state index contributed by atoms with van der Waals surface area (Å²) in [6.45, 7) is 2.34. The van der Waals surface area contributed by atoms with Crippen LogP contribution in [0.4, 0.5) is 0 Å². The van der Waals surface area contributed by atoms with Crippen LogP contribution in [0.5, 0.6) is 0 Å². The molecule has 0 radical (unpaired) electrons. The minimum atomic E-state index is 0.129. The second kappa shape index (κ2) is 4.03. The first kappa shape index (κ1) is 10.2. The van der Waals surface area contributed by atoms with Crippen LogP contribution in [-0.4, -0.2) is 24.0 Å². The van der Waals surface area contributed by atoms with E-state index in [1.165, 1.54) is 11.1 Å². The average Bonchev–Trinajstić information content (AvgIpc) is 2.27. The zero-order chi connectivity index (χ0) is 10.8. The van der Waals surface area contributed by atoms with E-state index in [9.17, 15) is 4.79 Å². The van der Waals surface area contributed by atoms with Crippen LogP contribution in [0, 0.1) is 0 Å². The minimum absolute atomic E-state index is 0.129. The van der Waals surface area contributed by atoms with E-state index < -0.39 is 0 Å². The van der Waals surface area contributed by atoms with Crippen molar-refractivity contribution in [2.45, 2.75) is 26.1 Å². The summed E-state index contributed by atoms with van der Waals surface area (Å²) in [5, 5.41) is 3.18. The van der Waals surface area contributed by atoms with Gasteiger partial charge in [-0.25, -0.2) is 0 Å². The molecule has 1 amide bonds. The fraction of sp³-hybridized carbons (Fsp3) is 0.417. The topological polar surface area (TPSA) is 32.3 Å². The molecule has 0 aliphatic carbocycles. The summed E-state index contributed by atoms with van der Waals surface area (Å²) in [5.41, 5.74) is 2.61. The van der Waals surface area contributed by atoms with E-state index in [1.54, 1.807) is 6.92 Å². The molecule has 0 saturated carbocycles. The number of carbonyl (C=O) groups is 1. The van der Waals surface area contributed by atoms with Gasteiger partial charge in [-0.2, -0.15) is 0 Å². The number of hydrogen-bond acceptors (Lipinski definition) is 2. The molecule has 80 valence electrons. The number of amides is 1. The number of benzene rings is 1. The number of likely N-dealkylation sites (N-methyl/N-ethyl adjacent to an activating group) is 1. The lowest BCUT2D eigenvalue weighted by Gasteiger charge is -2.36.